The molecule has 0 bridgehead atoms. The van der Waals surface area contributed by atoms with Gasteiger partial charge < -0.3 is 24.8 Å². The molecule has 3 aromatic rings. The molecule has 1 aliphatic heterocycles. The standard InChI is InChI=1S/C23H27N5O5S/c1-32-18-5-4-17(28-9-11-33-12-10-28)21-20(18)26-23(34-21)27-22(31)15-6-8-25-16(13-15)14-24-7-2-3-19(29)30/h4-6,8,13,24H,2-3,7,9-12,14H2,1H3,(H,29,30)(H,26,27,31). The Morgan fingerprint density at radius 2 is 2.09 bits per heavy atom. The third-order valence-corrected chi connectivity index (χ3v) is 6.40. The van der Waals surface area contributed by atoms with Crippen LogP contribution in [-0.2, 0) is 16.1 Å². The van der Waals surface area contributed by atoms with Crippen LogP contribution in [0.1, 0.15) is 28.9 Å². The molecule has 4 rings (SSSR count). The number of carbonyl (C=O) groups excluding carboxylic acids is 1. The molecule has 10 nitrogen and oxygen atoms in total. The van der Waals surface area contributed by atoms with E-state index in [4.69, 9.17) is 14.6 Å². The number of ether oxygens (including phenoxy) is 2. The normalized spacial score (nSPS) is 13.7. The Morgan fingerprint density at radius 1 is 1.26 bits per heavy atom. The topological polar surface area (TPSA) is 126 Å². The van der Waals surface area contributed by atoms with Gasteiger partial charge in [-0.1, -0.05) is 11.3 Å². The van der Waals surface area contributed by atoms with Crippen molar-refractivity contribution in [1.82, 2.24) is 15.3 Å². The first-order valence-electron chi connectivity index (χ1n) is 11.0. The number of carbonyl (C=O) groups is 2. The van der Waals surface area contributed by atoms with Gasteiger partial charge in [-0.15, -0.1) is 0 Å². The number of hydrogen-bond acceptors (Lipinski definition) is 9. The second kappa shape index (κ2) is 11.2. The van der Waals surface area contributed by atoms with E-state index in [1.807, 2.05) is 12.1 Å². The summed E-state index contributed by atoms with van der Waals surface area (Å²) in [5.74, 6) is -0.437. The van der Waals surface area contributed by atoms with Gasteiger partial charge in [-0.2, -0.15) is 0 Å². The summed E-state index contributed by atoms with van der Waals surface area (Å²) in [6.45, 7) is 3.95. The van der Waals surface area contributed by atoms with Crippen molar-refractivity contribution in [2.24, 2.45) is 0 Å². The number of carboxylic acids is 1. The zero-order chi connectivity index (χ0) is 23.9. The van der Waals surface area contributed by atoms with Crippen LogP contribution in [0.2, 0.25) is 0 Å². The van der Waals surface area contributed by atoms with Gasteiger partial charge in [-0.25, -0.2) is 4.98 Å². The summed E-state index contributed by atoms with van der Waals surface area (Å²) in [5, 5.41) is 15.2. The zero-order valence-electron chi connectivity index (χ0n) is 18.9. The lowest BCUT2D eigenvalue weighted by atomic mass is 10.2. The number of amides is 1. The van der Waals surface area contributed by atoms with E-state index in [-0.39, 0.29) is 12.3 Å². The number of pyridine rings is 1. The number of nitrogens with one attached hydrogen (secondary N) is 2. The summed E-state index contributed by atoms with van der Waals surface area (Å²) in [5.41, 5.74) is 2.94. The molecule has 1 saturated heterocycles. The summed E-state index contributed by atoms with van der Waals surface area (Å²) in [6.07, 6.45) is 2.23. The van der Waals surface area contributed by atoms with E-state index >= 15 is 0 Å². The molecule has 0 atom stereocenters. The molecule has 2 aromatic heterocycles. The van der Waals surface area contributed by atoms with Crippen molar-refractivity contribution in [1.29, 1.82) is 0 Å². The lowest BCUT2D eigenvalue weighted by Gasteiger charge is -2.29. The molecule has 11 heteroatoms. The molecule has 180 valence electrons. The highest BCUT2D eigenvalue weighted by atomic mass is 32.1. The first-order valence-corrected chi connectivity index (χ1v) is 11.9. The van der Waals surface area contributed by atoms with E-state index in [1.54, 1.807) is 25.4 Å². The number of morpholine rings is 1. The van der Waals surface area contributed by atoms with Crippen molar-refractivity contribution in [3.05, 3.63) is 41.7 Å². The number of rotatable bonds is 10. The van der Waals surface area contributed by atoms with E-state index in [9.17, 15) is 9.59 Å². The molecule has 0 unspecified atom stereocenters. The first-order chi connectivity index (χ1) is 16.5. The van der Waals surface area contributed by atoms with Crippen molar-refractivity contribution in [3.63, 3.8) is 0 Å². The SMILES string of the molecule is COc1ccc(N2CCOCC2)c2sc(NC(=O)c3ccnc(CNCCCC(=O)O)c3)nc12. The van der Waals surface area contributed by atoms with Gasteiger partial charge in [0.15, 0.2) is 5.13 Å². The summed E-state index contributed by atoms with van der Waals surface area (Å²) >= 11 is 1.41. The van der Waals surface area contributed by atoms with E-state index in [1.165, 1.54) is 11.3 Å². The fourth-order valence-electron chi connectivity index (χ4n) is 3.71. The van der Waals surface area contributed by atoms with Crippen LogP contribution in [0, 0.1) is 0 Å². The minimum Gasteiger partial charge on any atom is -0.494 e. The molecule has 0 spiro atoms. The predicted molar refractivity (Wildman–Crippen MR) is 130 cm³/mol. The molecular weight excluding hydrogens is 458 g/mol. The molecule has 1 amide bonds. The van der Waals surface area contributed by atoms with Gasteiger partial charge in [0.25, 0.3) is 5.91 Å². The number of thiazole rings is 1. The Hall–Kier alpha value is -3.28. The summed E-state index contributed by atoms with van der Waals surface area (Å²) in [6, 6.07) is 7.29. The van der Waals surface area contributed by atoms with Crippen molar-refractivity contribution >= 4 is 44.2 Å². The zero-order valence-corrected chi connectivity index (χ0v) is 19.7. The van der Waals surface area contributed by atoms with Gasteiger partial charge >= 0.3 is 5.97 Å². The van der Waals surface area contributed by atoms with Crippen LogP contribution in [0.4, 0.5) is 10.8 Å². The Labute approximate surface area is 200 Å². The summed E-state index contributed by atoms with van der Waals surface area (Å²) in [4.78, 5) is 34.7. The largest absolute Gasteiger partial charge is 0.494 e. The molecule has 0 saturated carbocycles. The second-order valence-corrected chi connectivity index (χ2v) is 8.75. The maximum absolute atomic E-state index is 12.9. The number of carboxylic acid groups (broad SMARTS) is 1. The molecule has 3 N–H and O–H groups in total. The molecule has 3 heterocycles. The Bertz CT molecular complexity index is 1160. The van der Waals surface area contributed by atoms with Crippen LogP contribution in [0.15, 0.2) is 30.5 Å². The summed E-state index contributed by atoms with van der Waals surface area (Å²) < 4.78 is 11.9. The van der Waals surface area contributed by atoms with Crippen molar-refractivity contribution in [3.8, 4) is 5.75 Å². The van der Waals surface area contributed by atoms with Crippen LogP contribution in [0.3, 0.4) is 0 Å². The van der Waals surface area contributed by atoms with Crippen LogP contribution in [0.25, 0.3) is 10.2 Å². The summed E-state index contributed by atoms with van der Waals surface area (Å²) in [7, 11) is 1.61. The maximum atomic E-state index is 12.9. The smallest absolute Gasteiger partial charge is 0.303 e. The number of methoxy groups -OCH3 is 1. The second-order valence-electron chi connectivity index (χ2n) is 7.75. The van der Waals surface area contributed by atoms with Crippen LogP contribution in [0.5, 0.6) is 5.75 Å². The Morgan fingerprint density at radius 3 is 2.85 bits per heavy atom. The highest BCUT2D eigenvalue weighted by molar-refractivity contribution is 7.23. The van der Waals surface area contributed by atoms with Gasteiger partial charge in [0, 0.05) is 37.8 Å². The van der Waals surface area contributed by atoms with Crippen LogP contribution in [-0.4, -0.2) is 66.9 Å². The highest BCUT2D eigenvalue weighted by Crippen LogP contribution is 2.39. The van der Waals surface area contributed by atoms with Gasteiger partial charge in [0.1, 0.15) is 11.3 Å². The Balaban J connectivity index is 1.47. The third-order valence-electron chi connectivity index (χ3n) is 5.41. The first kappa shape index (κ1) is 23.9. The molecule has 1 aromatic carbocycles. The van der Waals surface area contributed by atoms with E-state index in [0.29, 0.717) is 60.4 Å². The Kier molecular flexibility index (Phi) is 7.88. The van der Waals surface area contributed by atoms with Gasteiger partial charge in [-0.05, 0) is 37.2 Å². The fraction of sp³-hybridized carbons (Fsp3) is 0.391. The minimum absolute atomic E-state index is 0.114. The highest BCUT2D eigenvalue weighted by Gasteiger charge is 2.20. The maximum Gasteiger partial charge on any atom is 0.303 e. The van der Waals surface area contributed by atoms with Crippen molar-refractivity contribution in [2.75, 3.05) is 50.2 Å². The monoisotopic (exact) mass is 485 g/mol. The van der Waals surface area contributed by atoms with Gasteiger partial charge in [-0.3, -0.25) is 19.9 Å². The van der Waals surface area contributed by atoms with E-state index in [2.05, 4.69) is 25.5 Å². The number of aliphatic carboxylic acids is 1. The quantitative estimate of drug-likeness (QED) is 0.372. The van der Waals surface area contributed by atoms with Gasteiger partial charge in [0.2, 0.25) is 0 Å². The van der Waals surface area contributed by atoms with Crippen LogP contribution < -0.4 is 20.3 Å². The van der Waals surface area contributed by atoms with Crippen molar-refractivity contribution < 1.29 is 24.2 Å². The average Bonchev–Trinajstić information content (AvgIpc) is 3.27. The van der Waals surface area contributed by atoms with Crippen LogP contribution >= 0.6 is 11.3 Å². The number of nitrogens with zero attached hydrogens (tertiary/aromatic N) is 3. The van der Waals surface area contributed by atoms with Gasteiger partial charge in [0.05, 0.1) is 36.4 Å². The molecule has 34 heavy (non-hydrogen) atoms. The number of fused-ring (bicyclic) bond motifs is 1. The average molecular weight is 486 g/mol. The number of benzene rings is 1. The fourth-order valence-corrected chi connectivity index (χ4v) is 4.73. The van der Waals surface area contributed by atoms with E-state index < -0.39 is 5.97 Å². The minimum atomic E-state index is -0.817. The molecular formula is C23H27N5O5S. The lowest BCUT2D eigenvalue weighted by molar-refractivity contribution is -0.137. The predicted octanol–water partition coefficient (Wildman–Crippen LogP) is 2.74. The van der Waals surface area contributed by atoms with Crippen molar-refractivity contribution in [2.45, 2.75) is 19.4 Å². The number of anilines is 2. The molecule has 0 aliphatic carbocycles. The number of hydrogen-bond donors (Lipinski definition) is 3. The molecule has 1 fully saturated rings. The lowest BCUT2D eigenvalue weighted by Crippen LogP contribution is -2.36. The van der Waals surface area contributed by atoms with E-state index in [0.717, 1.165) is 23.5 Å². The molecule has 1 aliphatic rings. The third kappa shape index (κ3) is 5.79. The number of aromatic nitrogens is 2. The molecule has 0 radical (unpaired) electrons.